The number of nitrogens with zero attached hydrogens (tertiary/aromatic N) is 2. The normalized spacial score (nSPS) is 16.0. The van der Waals surface area contributed by atoms with Gasteiger partial charge in [0.2, 0.25) is 10.0 Å². The number of carbonyl (C=O) groups excluding carboxylic acids is 1. The van der Waals surface area contributed by atoms with Crippen LogP contribution in [0, 0.1) is 21.4 Å². The highest BCUT2D eigenvalue weighted by Gasteiger charge is 2.35. The molecule has 0 aliphatic heterocycles. The fourth-order valence-electron chi connectivity index (χ4n) is 2.63. The molecule has 0 aromatic heterocycles. The number of nitrogens with two attached hydrogens (primary N) is 1. The molecule has 10 nitrogen and oxygen atoms in total. The standard InChI is InChI=1S/C14H16N4O6S/c15-9-14(5-1-2-6-14)17-13(19)8-24-12-4-3-10(25(16,22)23)7-11(12)18(20)21/h3-4,7H,1-2,5-6,8H2,(H,17,19)(H2,16,22,23). The topological polar surface area (TPSA) is 165 Å². The largest absolute Gasteiger partial charge is 0.477 e. The van der Waals surface area contributed by atoms with E-state index in [0.717, 1.165) is 31.0 Å². The third-order valence-electron chi connectivity index (χ3n) is 3.86. The number of nitro benzene ring substituents is 1. The number of nitrogens with one attached hydrogen (secondary N) is 1. The van der Waals surface area contributed by atoms with Gasteiger partial charge in [-0.3, -0.25) is 14.9 Å². The second-order valence-corrected chi connectivity index (χ2v) is 7.23. The molecule has 1 saturated carbocycles. The maximum absolute atomic E-state index is 12.0. The fraction of sp³-hybridized carbons (Fsp3) is 0.429. The zero-order valence-corrected chi connectivity index (χ0v) is 13.9. The van der Waals surface area contributed by atoms with Crippen LogP contribution in [0.1, 0.15) is 25.7 Å². The molecule has 0 atom stereocenters. The number of nitriles is 1. The molecule has 11 heteroatoms. The van der Waals surface area contributed by atoms with Crippen LogP contribution in [0.5, 0.6) is 5.75 Å². The van der Waals surface area contributed by atoms with Crippen LogP contribution in [0.3, 0.4) is 0 Å². The van der Waals surface area contributed by atoms with Crippen LogP contribution >= 0.6 is 0 Å². The first-order valence-corrected chi connectivity index (χ1v) is 8.88. The molecule has 3 N–H and O–H groups in total. The van der Waals surface area contributed by atoms with Crippen molar-refractivity contribution >= 4 is 21.6 Å². The van der Waals surface area contributed by atoms with Gasteiger partial charge >= 0.3 is 5.69 Å². The van der Waals surface area contributed by atoms with E-state index < -0.39 is 43.6 Å². The Balaban J connectivity index is 2.11. The molecule has 1 fully saturated rings. The number of hydrogen-bond acceptors (Lipinski definition) is 7. The summed E-state index contributed by atoms with van der Waals surface area (Å²) in [5, 5.41) is 27.8. The van der Waals surface area contributed by atoms with Gasteiger partial charge in [0.05, 0.1) is 15.9 Å². The van der Waals surface area contributed by atoms with Gasteiger partial charge in [0.25, 0.3) is 5.91 Å². The van der Waals surface area contributed by atoms with Gasteiger partial charge in [0.15, 0.2) is 12.4 Å². The molecule has 0 spiro atoms. The fourth-order valence-corrected chi connectivity index (χ4v) is 3.16. The second kappa shape index (κ2) is 7.04. The number of primary sulfonamides is 1. The van der Waals surface area contributed by atoms with Crippen LogP contribution in [-0.2, 0) is 14.8 Å². The summed E-state index contributed by atoms with van der Waals surface area (Å²) < 4.78 is 27.7. The molecule has 1 aliphatic carbocycles. The first-order valence-electron chi connectivity index (χ1n) is 7.33. The van der Waals surface area contributed by atoms with E-state index in [0.29, 0.717) is 12.8 Å². The van der Waals surface area contributed by atoms with Crippen molar-refractivity contribution in [1.82, 2.24) is 5.32 Å². The maximum Gasteiger partial charge on any atom is 0.312 e. The van der Waals surface area contributed by atoms with E-state index in [1.54, 1.807) is 0 Å². The lowest BCUT2D eigenvalue weighted by molar-refractivity contribution is -0.386. The van der Waals surface area contributed by atoms with E-state index in [9.17, 15) is 28.6 Å². The monoisotopic (exact) mass is 368 g/mol. The first kappa shape index (κ1) is 18.6. The van der Waals surface area contributed by atoms with Crippen molar-refractivity contribution in [2.75, 3.05) is 6.61 Å². The molecule has 0 radical (unpaired) electrons. The molecular formula is C14H16N4O6S. The van der Waals surface area contributed by atoms with E-state index in [1.165, 1.54) is 0 Å². The van der Waals surface area contributed by atoms with Crippen molar-refractivity contribution in [2.45, 2.75) is 36.1 Å². The molecule has 25 heavy (non-hydrogen) atoms. The SMILES string of the molecule is N#CC1(NC(=O)COc2ccc(S(N)(=O)=O)cc2[N+](=O)[O-])CCCC1. The lowest BCUT2D eigenvalue weighted by Crippen LogP contribution is -2.47. The Morgan fingerprint density at radius 1 is 1.44 bits per heavy atom. The summed E-state index contributed by atoms with van der Waals surface area (Å²) in [7, 11) is -4.11. The van der Waals surface area contributed by atoms with Gasteiger partial charge in [0, 0.05) is 6.07 Å². The lowest BCUT2D eigenvalue weighted by atomic mass is 10.00. The summed E-state index contributed by atoms with van der Waals surface area (Å²) in [6.07, 6.45) is 2.74. The molecule has 0 bridgehead atoms. The van der Waals surface area contributed by atoms with Crippen molar-refractivity contribution < 1.29 is 22.9 Å². The van der Waals surface area contributed by atoms with Crippen LogP contribution in [-0.4, -0.2) is 31.4 Å². The predicted molar refractivity (Wildman–Crippen MR) is 84.9 cm³/mol. The summed E-state index contributed by atoms with van der Waals surface area (Å²) >= 11 is 0. The Morgan fingerprint density at radius 2 is 2.08 bits per heavy atom. The lowest BCUT2D eigenvalue weighted by Gasteiger charge is -2.21. The number of rotatable bonds is 6. The number of amides is 1. The Labute approximate surface area is 143 Å². The molecule has 0 saturated heterocycles. The van der Waals surface area contributed by atoms with E-state index in [1.807, 2.05) is 0 Å². The molecule has 0 unspecified atom stereocenters. The van der Waals surface area contributed by atoms with Crippen LogP contribution in [0.4, 0.5) is 5.69 Å². The third-order valence-corrected chi connectivity index (χ3v) is 4.78. The smallest absolute Gasteiger partial charge is 0.312 e. The quantitative estimate of drug-likeness (QED) is 0.547. The molecule has 0 heterocycles. The zero-order valence-electron chi connectivity index (χ0n) is 13.1. The maximum atomic E-state index is 12.0. The number of hydrogen-bond donors (Lipinski definition) is 2. The third kappa shape index (κ3) is 4.43. The number of sulfonamides is 1. The van der Waals surface area contributed by atoms with E-state index >= 15 is 0 Å². The van der Waals surface area contributed by atoms with Crippen molar-refractivity contribution in [1.29, 1.82) is 5.26 Å². The number of ether oxygens (including phenoxy) is 1. The molecular weight excluding hydrogens is 352 g/mol. The highest BCUT2D eigenvalue weighted by molar-refractivity contribution is 7.89. The molecule has 1 aromatic carbocycles. The van der Waals surface area contributed by atoms with Gasteiger partial charge < -0.3 is 10.1 Å². The summed E-state index contributed by atoms with van der Waals surface area (Å²) in [6, 6.07) is 4.95. The summed E-state index contributed by atoms with van der Waals surface area (Å²) in [5.41, 5.74) is -1.56. The van der Waals surface area contributed by atoms with Gasteiger partial charge in [-0.25, -0.2) is 13.6 Å². The van der Waals surface area contributed by atoms with Crippen molar-refractivity contribution in [3.8, 4) is 11.8 Å². The summed E-state index contributed by atoms with van der Waals surface area (Å²) in [4.78, 5) is 21.8. The number of benzene rings is 1. The van der Waals surface area contributed by atoms with Gasteiger partial charge in [-0.05, 0) is 37.8 Å². The van der Waals surface area contributed by atoms with Gasteiger partial charge in [-0.1, -0.05) is 0 Å². The Morgan fingerprint density at radius 3 is 2.60 bits per heavy atom. The highest BCUT2D eigenvalue weighted by atomic mass is 32.2. The minimum absolute atomic E-state index is 0.273. The van der Waals surface area contributed by atoms with Crippen LogP contribution in [0.25, 0.3) is 0 Å². The summed E-state index contributed by atoms with van der Waals surface area (Å²) in [5.74, 6) is -0.863. The molecule has 2 rings (SSSR count). The minimum Gasteiger partial charge on any atom is -0.477 e. The second-order valence-electron chi connectivity index (χ2n) is 5.67. The van der Waals surface area contributed by atoms with Gasteiger partial charge in [-0.2, -0.15) is 5.26 Å². The summed E-state index contributed by atoms with van der Waals surface area (Å²) in [6.45, 7) is -0.543. The Kier molecular flexibility index (Phi) is 5.24. The van der Waals surface area contributed by atoms with E-state index in [2.05, 4.69) is 11.4 Å². The van der Waals surface area contributed by atoms with Crippen molar-refractivity contribution in [3.63, 3.8) is 0 Å². The Hall–Kier alpha value is -2.71. The van der Waals surface area contributed by atoms with Crippen LogP contribution in [0.2, 0.25) is 0 Å². The molecule has 1 amide bonds. The molecule has 1 aliphatic rings. The molecule has 1 aromatic rings. The highest BCUT2D eigenvalue weighted by Crippen LogP contribution is 2.30. The molecule has 134 valence electrons. The van der Waals surface area contributed by atoms with Crippen molar-refractivity contribution in [3.05, 3.63) is 28.3 Å². The van der Waals surface area contributed by atoms with E-state index in [4.69, 9.17) is 9.88 Å². The van der Waals surface area contributed by atoms with Crippen molar-refractivity contribution in [2.24, 2.45) is 5.14 Å². The van der Waals surface area contributed by atoms with Gasteiger partial charge in [0.1, 0.15) is 5.54 Å². The van der Waals surface area contributed by atoms with E-state index in [-0.39, 0.29) is 5.75 Å². The predicted octanol–water partition coefficient (Wildman–Crippen LogP) is 0.574. The average Bonchev–Trinajstić information content (AvgIpc) is 3.00. The zero-order chi connectivity index (χ0) is 18.7. The van der Waals surface area contributed by atoms with Gasteiger partial charge in [-0.15, -0.1) is 0 Å². The first-order chi connectivity index (χ1) is 11.7. The Bertz CT molecular complexity index is 839. The number of nitro groups is 1. The number of carbonyl (C=O) groups is 1. The average molecular weight is 368 g/mol. The van der Waals surface area contributed by atoms with Crippen LogP contribution < -0.4 is 15.2 Å². The van der Waals surface area contributed by atoms with Crippen LogP contribution in [0.15, 0.2) is 23.1 Å². The minimum atomic E-state index is -4.11.